The van der Waals surface area contributed by atoms with Gasteiger partial charge in [0.15, 0.2) is 0 Å². The number of nitrogens with zero attached hydrogens (tertiary/aromatic N) is 3. The van der Waals surface area contributed by atoms with E-state index in [-0.39, 0.29) is 0 Å². The molecule has 3 aromatic rings. The largest absolute Gasteiger partial charge is 0.342 e. The molecule has 0 fully saturated rings. The van der Waals surface area contributed by atoms with Crippen LogP contribution in [0.3, 0.4) is 0 Å². The Balaban J connectivity index is 2.12. The third-order valence-corrected chi connectivity index (χ3v) is 4.12. The van der Waals surface area contributed by atoms with Gasteiger partial charge in [-0.3, -0.25) is 4.57 Å². The Morgan fingerprint density at radius 1 is 0.913 bits per heavy atom. The molecule has 0 bridgehead atoms. The van der Waals surface area contributed by atoms with Gasteiger partial charge in [0, 0.05) is 30.5 Å². The molecule has 0 aliphatic rings. The van der Waals surface area contributed by atoms with Crippen LogP contribution in [0.4, 0.5) is 5.95 Å². The average molecular weight is 305 g/mol. The topological polar surface area (TPSA) is 21.1 Å². The maximum absolute atomic E-state index is 4.91. The summed E-state index contributed by atoms with van der Waals surface area (Å²) in [5, 5.41) is 0. The number of benzene rings is 2. The van der Waals surface area contributed by atoms with E-state index in [1.807, 2.05) is 6.07 Å². The first-order valence-corrected chi connectivity index (χ1v) is 8.19. The molecule has 118 valence electrons. The van der Waals surface area contributed by atoms with Gasteiger partial charge in [0.2, 0.25) is 5.95 Å². The molecule has 23 heavy (non-hydrogen) atoms. The monoisotopic (exact) mass is 305 g/mol. The third kappa shape index (κ3) is 3.14. The van der Waals surface area contributed by atoms with Crippen molar-refractivity contribution in [3.05, 3.63) is 66.4 Å². The lowest BCUT2D eigenvalue weighted by Crippen LogP contribution is -2.25. The maximum atomic E-state index is 4.91. The molecule has 0 saturated carbocycles. The van der Waals surface area contributed by atoms with Crippen LogP contribution in [0, 0.1) is 6.92 Å². The van der Waals surface area contributed by atoms with Crippen molar-refractivity contribution in [1.29, 1.82) is 0 Å². The van der Waals surface area contributed by atoms with Crippen molar-refractivity contribution >= 4 is 5.95 Å². The van der Waals surface area contributed by atoms with E-state index < -0.39 is 0 Å². The SMILES string of the molecule is CCN(CC)c1nc(-c2ccccc2)cn1-c1ccc(C)cc1. The minimum absolute atomic E-state index is 0.938. The molecule has 0 N–H and O–H groups in total. The van der Waals surface area contributed by atoms with Crippen LogP contribution < -0.4 is 4.90 Å². The molecule has 0 atom stereocenters. The Kier molecular flexibility index (Phi) is 4.47. The second-order valence-electron chi connectivity index (χ2n) is 5.67. The Morgan fingerprint density at radius 3 is 2.17 bits per heavy atom. The van der Waals surface area contributed by atoms with Crippen molar-refractivity contribution in [3.63, 3.8) is 0 Å². The number of imidazole rings is 1. The van der Waals surface area contributed by atoms with E-state index in [0.29, 0.717) is 0 Å². The predicted molar refractivity (Wildman–Crippen MR) is 97.3 cm³/mol. The van der Waals surface area contributed by atoms with E-state index in [2.05, 4.69) is 85.0 Å². The van der Waals surface area contributed by atoms with E-state index in [4.69, 9.17) is 4.98 Å². The molecule has 0 aliphatic heterocycles. The van der Waals surface area contributed by atoms with Crippen molar-refractivity contribution in [2.75, 3.05) is 18.0 Å². The van der Waals surface area contributed by atoms with Crippen LogP contribution >= 0.6 is 0 Å². The summed E-state index contributed by atoms with van der Waals surface area (Å²) in [6.07, 6.45) is 2.13. The molecule has 0 radical (unpaired) electrons. The molecule has 0 unspecified atom stereocenters. The fraction of sp³-hybridized carbons (Fsp3) is 0.250. The molecule has 3 nitrogen and oxygen atoms in total. The smallest absolute Gasteiger partial charge is 0.210 e. The lowest BCUT2D eigenvalue weighted by atomic mass is 10.2. The maximum Gasteiger partial charge on any atom is 0.210 e. The molecule has 2 aromatic carbocycles. The van der Waals surface area contributed by atoms with Crippen molar-refractivity contribution in [2.24, 2.45) is 0 Å². The third-order valence-electron chi connectivity index (χ3n) is 4.12. The summed E-state index contributed by atoms with van der Waals surface area (Å²) in [4.78, 5) is 7.19. The molecular weight excluding hydrogens is 282 g/mol. The van der Waals surface area contributed by atoms with Crippen molar-refractivity contribution < 1.29 is 0 Å². The highest BCUT2D eigenvalue weighted by molar-refractivity contribution is 5.63. The first-order valence-electron chi connectivity index (χ1n) is 8.19. The van der Waals surface area contributed by atoms with Gasteiger partial charge in [-0.1, -0.05) is 48.0 Å². The number of hydrogen-bond donors (Lipinski definition) is 0. The van der Waals surface area contributed by atoms with Gasteiger partial charge in [-0.2, -0.15) is 0 Å². The van der Waals surface area contributed by atoms with Crippen molar-refractivity contribution in [1.82, 2.24) is 9.55 Å². The van der Waals surface area contributed by atoms with E-state index in [9.17, 15) is 0 Å². The van der Waals surface area contributed by atoms with Crippen LogP contribution in [0.25, 0.3) is 16.9 Å². The normalized spacial score (nSPS) is 10.7. The van der Waals surface area contributed by atoms with Gasteiger partial charge < -0.3 is 4.90 Å². The number of rotatable bonds is 5. The second-order valence-corrected chi connectivity index (χ2v) is 5.67. The van der Waals surface area contributed by atoms with Crippen molar-refractivity contribution in [3.8, 4) is 16.9 Å². The summed E-state index contributed by atoms with van der Waals surface area (Å²) in [6.45, 7) is 8.32. The van der Waals surface area contributed by atoms with Gasteiger partial charge in [-0.15, -0.1) is 0 Å². The lowest BCUT2D eigenvalue weighted by molar-refractivity contribution is 0.807. The van der Waals surface area contributed by atoms with Gasteiger partial charge in [-0.05, 0) is 32.9 Å². The Morgan fingerprint density at radius 2 is 1.57 bits per heavy atom. The van der Waals surface area contributed by atoms with Crippen LogP contribution in [-0.2, 0) is 0 Å². The van der Waals surface area contributed by atoms with Gasteiger partial charge in [0.1, 0.15) is 0 Å². The molecule has 3 rings (SSSR count). The van der Waals surface area contributed by atoms with Crippen LogP contribution in [-0.4, -0.2) is 22.6 Å². The number of aromatic nitrogens is 2. The zero-order chi connectivity index (χ0) is 16.2. The average Bonchev–Trinajstić information content (AvgIpc) is 3.03. The summed E-state index contributed by atoms with van der Waals surface area (Å²) in [7, 11) is 0. The molecule has 1 heterocycles. The van der Waals surface area contributed by atoms with E-state index >= 15 is 0 Å². The van der Waals surface area contributed by atoms with Crippen LogP contribution in [0.1, 0.15) is 19.4 Å². The van der Waals surface area contributed by atoms with Crippen molar-refractivity contribution in [2.45, 2.75) is 20.8 Å². The minimum Gasteiger partial charge on any atom is -0.342 e. The number of anilines is 1. The number of aryl methyl sites for hydroxylation is 1. The highest BCUT2D eigenvalue weighted by Gasteiger charge is 2.15. The molecule has 0 spiro atoms. The summed E-state index contributed by atoms with van der Waals surface area (Å²) in [6, 6.07) is 18.9. The van der Waals surface area contributed by atoms with Gasteiger partial charge in [0.05, 0.1) is 5.69 Å². The van der Waals surface area contributed by atoms with E-state index in [1.54, 1.807) is 0 Å². The quantitative estimate of drug-likeness (QED) is 0.681. The number of hydrogen-bond acceptors (Lipinski definition) is 2. The van der Waals surface area contributed by atoms with Gasteiger partial charge in [0.25, 0.3) is 0 Å². The Bertz CT molecular complexity index is 753. The summed E-state index contributed by atoms with van der Waals surface area (Å²) >= 11 is 0. The molecule has 3 heteroatoms. The minimum atomic E-state index is 0.938. The lowest BCUT2D eigenvalue weighted by Gasteiger charge is -2.21. The zero-order valence-electron chi connectivity index (χ0n) is 14.0. The van der Waals surface area contributed by atoms with Gasteiger partial charge >= 0.3 is 0 Å². The van der Waals surface area contributed by atoms with Crippen LogP contribution in [0.2, 0.25) is 0 Å². The first kappa shape index (κ1) is 15.3. The summed E-state index contributed by atoms with van der Waals surface area (Å²) in [5.74, 6) is 0.998. The van der Waals surface area contributed by atoms with Crippen LogP contribution in [0.5, 0.6) is 0 Å². The van der Waals surface area contributed by atoms with Gasteiger partial charge in [-0.25, -0.2) is 4.98 Å². The van der Waals surface area contributed by atoms with Crippen LogP contribution in [0.15, 0.2) is 60.8 Å². The fourth-order valence-corrected chi connectivity index (χ4v) is 2.74. The first-order chi connectivity index (χ1) is 11.2. The van der Waals surface area contributed by atoms with E-state index in [0.717, 1.165) is 36.0 Å². The predicted octanol–water partition coefficient (Wildman–Crippen LogP) is 4.69. The summed E-state index contributed by atoms with van der Waals surface area (Å²) in [5.41, 5.74) is 4.56. The molecule has 0 aliphatic carbocycles. The highest BCUT2D eigenvalue weighted by Crippen LogP contribution is 2.26. The summed E-state index contributed by atoms with van der Waals surface area (Å²) < 4.78 is 2.19. The zero-order valence-corrected chi connectivity index (χ0v) is 14.0. The Hall–Kier alpha value is -2.55. The molecule has 0 saturated heterocycles. The Labute approximate surface area is 138 Å². The highest BCUT2D eigenvalue weighted by atomic mass is 15.3. The van der Waals surface area contributed by atoms with E-state index in [1.165, 1.54) is 5.56 Å². The molecule has 1 aromatic heterocycles. The standard InChI is InChI=1S/C20H23N3/c1-4-22(5-2)20-21-19(17-9-7-6-8-10-17)15-23(20)18-13-11-16(3)12-14-18/h6-15H,4-5H2,1-3H3. The second kappa shape index (κ2) is 6.69. The molecular formula is C20H23N3. The molecule has 0 amide bonds. The fourth-order valence-electron chi connectivity index (χ4n) is 2.74.